The summed E-state index contributed by atoms with van der Waals surface area (Å²) in [5, 5.41) is 0. The van der Waals surface area contributed by atoms with Gasteiger partial charge in [0.1, 0.15) is 4.90 Å². The van der Waals surface area contributed by atoms with E-state index in [1.807, 2.05) is 0 Å². The number of hydrogen-bond donors (Lipinski definition) is 2. The van der Waals surface area contributed by atoms with Gasteiger partial charge < -0.3 is 5.73 Å². The number of hydrogen-bond acceptors (Lipinski definition) is 4. The van der Waals surface area contributed by atoms with Crippen molar-refractivity contribution in [3.63, 3.8) is 0 Å². The fraction of sp³-hybridized carbons (Fsp3) is 0.375. The minimum absolute atomic E-state index is 0.178. The van der Waals surface area contributed by atoms with E-state index in [4.69, 9.17) is 5.73 Å². The van der Waals surface area contributed by atoms with Crippen molar-refractivity contribution >= 4 is 10.0 Å². The van der Waals surface area contributed by atoms with Crippen LogP contribution in [-0.4, -0.2) is 26.5 Å². The summed E-state index contributed by atoms with van der Waals surface area (Å²) in [4.78, 5) is 3.91. The van der Waals surface area contributed by atoms with Crippen LogP contribution in [0.5, 0.6) is 0 Å². The molecular formula is C8H13N3O2S. The Morgan fingerprint density at radius 3 is 2.86 bits per heavy atom. The average Bonchev–Trinajstić information content (AvgIpc) is 2.19. The Morgan fingerprint density at radius 2 is 2.29 bits per heavy atom. The van der Waals surface area contributed by atoms with Crippen molar-refractivity contribution in [2.75, 3.05) is 13.1 Å². The molecule has 0 saturated carbocycles. The van der Waals surface area contributed by atoms with E-state index in [0.717, 1.165) is 0 Å². The number of nitrogens with zero attached hydrogens (tertiary/aromatic N) is 1. The Labute approximate surface area is 83.4 Å². The predicted molar refractivity (Wildman–Crippen MR) is 53.1 cm³/mol. The first-order valence-electron chi connectivity index (χ1n) is 4.26. The lowest BCUT2D eigenvalue weighted by atomic mass is 10.4. The van der Waals surface area contributed by atoms with Crippen LogP contribution in [0.25, 0.3) is 0 Å². The largest absolute Gasteiger partial charge is 0.330 e. The normalized spacial score (nSPS) is 11.5. The van der Waals surface area contributed by atoms with Crippen molar-refractivity contribution in [3.8, 4) is 0 Å². The molecule has 0 radical (unpaired) electrons. The van der Waals surface area contributed by atoms with Gasteiger partial charge in [-0.15, -0.1) is 0 Å². The smallest absolute Gasteiger partial charge is 0.242 e. The van der Waals surface area contributed by atoms with Gasteiger partial charge in [0, 0.05) is 18.9 Å². The monoisotopic (exact) mass is 215 g/mol. The molecule has 0 saturated heterocycles. The topological polar surface area (TPSA) is 85.1 Å². The van der Waals surface area contributed by atoms with Crippen LogP contribution in [-0.2, 0) is 10.0 Å². The number of aromatic nitrogens is 1. The summed E-state index contributed by atoms with van der Waals surface area (Å²) in [6.07, 6.45) is 3.46. The molecular weight excluding hydrogens is 202 g/mol. The minimum Gasteiger partial charge on any atom is -0.330 e. The van der Waals surface area contributed by atoms with Crippen LogP contribution in [0.2, 0.25) is 0 Å². The minimum atomic E-state index is -3.40. The Hall–Kier alpha value is -0.980. The van der Waals surface area contributed by atoms with Crippen molar-refractivity contribution in [2.24, 2.45) is 5.73 Å². The third-order valence-electron chi connectivity index (χ3n) is 1.62. The van der Waals surface area contributed by atoms with Gasteiger partial charge in [-0.3, -0.25) is 4.98 Å². The summed E-state index contributed by atoms with van der Waals surface area (Å²) in [6.45, 7) is 0.823. The second-order valence-corrected chi connectivity index (χ2v) is 4.50. The molecule has 0 aliphatic rings. The van der Waals surface area contributed by atoms with E-state index in [-0.39, 0.29) is 4.90 Å². The first-order valence-corrected chi connectivity index (χ1v) is 5.75. The molecule has 0 aliphatic heterocycles. The summed E-state index contributed by atoms with van der Waals surface area (Å²) >= 11 is 0. The molecule has 0 spiro atoms. The molecule has 0 bridgehead atoms. The number of pyridine rings is 1. The zero-order chi connectivity index (χ0) is 10.4. The molecule has 3 N–H and O–H groups in total. The van der Waals surface area contributed by atoms with E-state index in [1.54, 1.807) is 6.07 Å². The van der Waals surface area contributed by atoms with E-state index in [1.165, 1.54) is 18.5 Å². The second kappa shape index (κ2) is 5.04. The highest BCUT2D eigenvalue weighted by molar-refractivity contribution is 7.89. The average molecular weight is 215 g/mol. The first-order chi connectivity index (χ1) is 6.67. The van der Waals surface area contributed by atoms with Crippen LogP contribution in [0, 0.1) is 0 Å². The Bertz CT molecular complexity index is 363. The summed E-state index contributed by atoms with van der Waals surface area (Å²) in [5.41, 5.74) is 5.25. The second-order valence-electron chi connectivity index (χ2n) is 2.73. The van der Waals surface area contributed by atoms with Gasteiger partial charge in [0.15, 0.2) is 0 Å². The maximum absolute atomic E-state index is 11.5. The van der Waals surface area contributed by atoms with Crippen LogP contribution in [0.4, 0.5) is 0 Å². The van der Waals surface area contributed by atoms with Crippen LogP contribution < -0.4 is 10.5 Å². The highest BCUT2D eigenvalue weighted by Gasteiger charge is 2.11. The van der Waals surface area contributed by atoms with Crippen molar-refractivity contribution in [3.05, 3.63) is 24.5 Å². The van der Waals surface area contributed by atoms with Crippen molar-refractivity contribution in [2.45, 2.75) is 11.3 Å². The van der Waals surface area contributed by atoms with Gasteiger partial charge in [-0.05, 0) is 25.1 Å². The molecule has 0 fully saturated rings. The Morgan fingerprint density at radius 1 is 1.50 bits per heavy atom. The maximum atomic E-state index is 11.5. The quantitative estimate of drug-likeness (QED) is 0.661. The number of nitrogens with two attached hydrogens (primary N) is 1. The lowest BCUT2D eigenvalue weighted by molar-refractivity contribution is 0.579. The van der Waals surface area contributed by atoms with Gasteiger partial charge in [0.25, 0.3) is 0 Å². The van der Waals surface area contributed by atoms with Crippen LogP contribution >= 0.6 is 0 Å². The molecule has 0 aliphatic carbocycles. The highest BCUT2D eigenvalue weighted by atomic mass is 32.2. The van der Waals surface area contributed by atoms with Gasteiger partial charge >= 0.3 is 0 Å². The van der Waals surface area contributed by atoms with E-state index in [0.29, 0.717) is 19.5 Å². The van der Waals surface area contributed by atoms with E-state index in [9.17, 15) is 8.42 Å². The molecule has 0 aromatic carbocycles. The number of nitrogens with one attached hydrogen (secondary N) is 1. The maximum Gasteiger partial charge on any atom is 0.242 e. The molecule has 14 heavy (non-hydrogen) atoms. The van der Waals surface area contributed by atoms with Gasteiger partial charge in [-0.1, -0.05) is 0 Å². The number of rotatable bonds is 5. The standard InChI is InChI=1S/C8H13N3O2S/c9-4-2-6-11-14(12,13)8-3-1-5-10-7-8/h1,3,5,7,11H,2,4,6,9H2. The van der Waals surface area contributed by atoms with Gasteiger partial charge in [-0.2, -0.15) is 0 Å². The zero-order valence-corrected chi connectivity index (χ0v) is 8.50. The van der Waals surface area contributed by atoms with Gasteiger partial charge in [0.05, 0.1) is 0 Å². The van der Waals surface area contributed by atoms with Gasteiger partial charge in [0.2, 0.25) is 10.0 Å². The van der Waals surface area contributed by atoms with E-state index in [2.05, 4.69) is 9.71 Å². The van der Waals surface area contributed by atoms with Crippen LogP contribution in [0.1, 0.15) is 6.42 Å². The lowest BCUT2D eigenvalue weighted by Gasteiger charge is -2.04. The molecule has 1 aromatic rings. The summed E-state index contributed by atoms with van der Waals surface area (Å²) in [7, 11) is -3.40. The third kappa shape index (κ3) is 3.06. The van der Waals surface area contributed by atoms with Crippen molar-refractivity contribution in [1.82, 2.24) is 9.71 Å². The molecule has 5 nitrogen and oxygen atoms in total. The molecule has 78 valence electrons. The molecule has 1 heterocycles. The van der Waals surface area contributed by atoms with E-state index >= 15 is 0 Å². The van der Waals surface area contributed by atoms with Gasteiger partial charge in [-0.25, -0.2) is 13.1 Å². The fourth-order valence-corrected chi connectivity index (χ4v) is 1.94. The fourth-order valence-electron chi connectivity index (χ4n) is 0.898. The van der Waals surface area contributed by atoms with Crippen LogP contribution in [0.3, 0.4) is 0 Å². The number of sulfonamides is 1. The summed E-state index contributed by atoms with van der Waals surface area (Å²) in [6, 6.07) is 3.08. The molecule has 6 heteroatoms. The van der Waals surface area contributed by atoms with E-state index < -0.39 is 10.0 Å². The first kappa shape index (κ1) is 11.1. The molecule has 1 aromatic heterocycles. The Balaban J connectivity index is 2.67. The lowest BCUT2D eigenvalue weighted by Crippen LogP contribution is -2.26. The summed E-state index contributed by atoms with van der Waals surface area (Å²) < 4.78 is 25.5. The molecule has 0 atom stereocenters. The molecule has 1 rings (SSSR count). The third-order valence-corrected chi connectivity index (χ3v) is 3.06. The molecule has 0 amide bonds. The van der Waals surface area contributed by atoms with Crippen molar-refractivity contribution in [1.29, 1.82) is 0 Å². The Kier molecular flexibility index (Phi) is 3.99. The zero-order valence-electron chi connectivity index (χ0n) is 7.68. The SMILES string of the molecule is NCCCNS(=O)(=O)c1cccnc1. The molecule has 0 unspecified atom stereocenters. The predicted octanol–water partition coefficient (Wildman–Crippen LogP) is -0.291. The van der Waals surface area contributed by atoms with Crippen LogP contribution in [0.15, 0.2) is 29.4 Å². The van der Waals surface area contributed by atoms with Crippen molar-refractivity contribution < 1.29 is 8.42 Å². The highest BCUT2D eigenvalue weighted by Crippen LogP contribution is 2.04. The summed E-state index contributed by atoms with van der Waals surface area (Å²) in [5.74, 6) is 0.